The molecule has 3 N–H and O–H groups in total. The van der Waals surface area contributed by atoms with Crippen molar-refractivity contribution in [3.63, 3.8) is 0 Å². The molecule has 0 bridgehead atoms. The third kappa shape index (κ3) is 6.61. The molecular formula is C18H25N3O6S. The van der Waals surface area contributed by atoms with Gasteiger partial charge >= 0.3 is 12.0 Å². The average Bonchev–Trinajstić information content (AvgIpc) is 3.13. The second-order valence-electron chi connectivity index (χ2n) is 6.76. The summed E-state index contributed by atoms with van der Waals surface area (Å²) >= 11 is 0. The lowest BCUT2D eigenvalue weighted by molar-refractivity contribution is -0.147. The quantitative estimate of drug-likeness (QED) is 0.571. The standard InChI is InChI=1S/C18H25N3O6S/c1-12-7-8-13(2)15(9-12)28(25,26)19-10-17(23)27-11-16(22)21-18(24)20-14-5-3-4-6-14/h7-9,14,19H,3-6,10-11H2,1-2H3,(H2,20,21,22,24). The summed E-state index contributed by atoms with van der Waals surface area (Å²) in [6.45, 7) is 2.10. The highest BCUT2D eigenvalue weighted by molar-refractivity contribution is 7.89. The van der Waals surface area contributed by atoms with Gasteiger partial charge in [0.25, 0.3) is 5.91 Å². The van der Waals surface area contributed by atoms with Crippen molar-refractivity contribution in [2.24, 2.45) is 0 Å². The van der Waals surface area contributed by atoms with Gasteiger partial charge < -0.3 is 10.1 Å². The number of nitrogens with one attached hydrogen (secondary N) is 3. The van der Waals surface area contributed by atoms with Gasteiger partial charge in [0.05, 0.1) is 4.90 Å². The SMILES string of the molecule is Cc1ccc(C)c(S(=O)(=O)NCC(=O)OCC(=O)NC(=O)NC2CCCC2)c1. The Hall–Kier alpha value is -2.46. The van der Waals surface area contributed by atoms with Crippen molar-refractivity contribution in [3.8, 4) is 0 Å². The van der Waals surface area contributed by atoms with Crippen LogP contribution in [0.2, 0.25) is 0 Å². The van der Waals surface area contributed by atoms with Gasteiger partial charge in [0.2, 0.25) is 10.0 Å². The van der Waals surface area contributed by atoms with Gasteiger partial charge in [-0.15, -0.1) is 0 Å². The van der Waals surface area contributed by atoms with Gasteiger partial charge in [-0.3, -0.25) is 14.9 Å². The molecule has 1 fully saturated rings. The Balaban J connectivity index is 1.75. The number of aryl methyl sites for hydroxylation is 2. The van der Waals surface area contributed by atoms with Crippen LogP contribution in [0.25, 0.3) is 0 Å². The molecule has 154 valence electrons. The number of carbonyl (C=O) groups is 3. The van der Waals surface area contributed by atoms with Gasteiger partial charge in [0, 0.05) is 6.04 Å². The monoisotopic (exact) mass is 411 g/mol. The number of urea groups is 1. The Labute approximate surface area is 164 Å². The largest absolute Gasteiger partial charge is 0.455 e. The minimum Gasteiger partial charge on any atom is -0.455 e. The highest BCUT2D eigenvalue weighted by Crippen LogP contribution is 2.17. The fourth-order valence-corrected chi connectivity index (χ4v) is 4.18. The number of esters is 1. The van der Waals surface area contributed by atoms with E-state index < -0.39 is 41.1 Å². The maximum Gasteiger partial charge on any atom is 0.321 e. The maximum absolute atomic E-state index is 12.3. The molecule has 3 amide bonds. The minimum absolute atomic E-state index is 0.0508. The van der Waals surface area contributed by atoms with E-state index in [1.54, 1.807) is 26.0 Å². The van der Waals surface area contributed by atoms with Crippen LogP contribution in [0.3, 0.4) is 0 Å². The van der Waals surface area contributed by atoms with Crippen molar-refractivity contribution in [1.82, 2.24) is 15.4 Å². The molecule has 1 aliphatic rings. The summed E-state index contributed by atoms with van der Waals surface area (Å²) in [5, 5.41) is 4.74. The number of sulfonamides is 1. The lowest BCUT2D eigenvalue weighted by Gasteiger charge is -2.12. The topological polar surface area (TPSA) is 131 Å². The number of amides is 3. The number of rotatable bonds is 7. The summed E-state index contributed by atoms with van der Waals surface area (Å²) in [6.07, 6.45) is 3.82. The van der Waals surface area contributed by atoms with Gasteiger partial charge in [-0.1, -0.05) is 25.0 Å². The molecule has 0 aliphatic heterocycles. The van der Waals surface area contributed by atoms with E-state index in [9.17, 15) is 22.8 Å². The summed E-state index contributed by atoms with van der Waals surface area (Å²) in [7, 11) is -3.90. The first kappa shape index (κ1) is 21.8. The maximum atomic E-state index is 12.3. The molecule has 0 atom stereocenters. The van der Waals surface area contributed by atoms with Crippen molar-refractivity contribution >= 4 is 27.9 Å². The van der Waals surface area contributed by atoms with Crippen molar-refractivity contribution in [3.05, 3.63) is 29.3 Å². The van der Waals surface area contributed by atoms with E-state index in [2.05, 4.69) is 15.4 Å². The van der Waals surface area contributed by atoms with Gasteiger partial charge in [-0.25, -0.2) is 13.2 Å². The van der Waals surface area contributed by atoms with Gasteiger partial charge in [-0.05, 0) is 43.9 Å². The number of carbonyl (C=O) groups excluding carboxylic acids is 3. The molecule has 1 aliphatic carbocycles. The van der Waals surface area contributed by atoms with E-state index in [-0.39, 0.29) is 10.9 Å². The summed E-state index contributed by atoms with van der Waals surface area (Å²) < 4.78 is 31.5. The van der Waals surface area contributed by atoms with E-state index in [4.69, 9.17) is 4.74 Å². The van der Waals surface area contributed by atoms with E-state index in [0.717, 1.165) is 31.2 Å². The number of benzene rings is 1. The lowest BCUT2D eigenvalue weighted by atomic mass is 10.2. The van der Waals surface area contributed by atoms with E-state index in [1.165, 1.54) is 6.07 Å². The molecule has 0 aromatic heterocycles. The third-order valence-electron chi connectivity index (χ3n) is 4.35. The van der Waals surface area contributed by atoms with Crippen LogP contribution in [0.4, 0.5) is 4.79 Å². The highest BCUT2D eigenvalue weighted by Gasteiger charge is 2.20. The Morgan fingerprint density at radius 3 is 2.50 bits per heavy atom. The van der Waals surface area contributed by atoms with Crippen molar-refractivity contribution < 1.29 is 27.5 Å². The first-order valence-electron chi connectivity index (χ1n) is 9.00. The average molecular weight is 411 g/mol. The van der Waals surface area contributed by atoms with Crippen LogP contribution >= 0.6 is 0 Å². The van der Waals surface area contributed by atoms with Crippen LogP contribution in [0.1, 0.15) is 36.8 Å². The normalized spacial score (nSPS) is 14.5. The van der Waals surface area contributed by atoms with Crippen LogP contribution in [0.15, 0.2) is 23.1 Å². The molecule has 1 aromatic rings. The lowest BCUT2D eigenvalue weighted by Crippen LogP contribution is -2.45. The van der Waals surface area contributed by atoms with Crippen LogP contribution in [0, 0.1) is 13.8 Å². The Morgan fingerprint density at radius 1 is 1.14 bits per heavy atom. The molecule has 0 radical (unpaired) electrons. The molecule has 2 rings (SSSR count). The van der Waals surface area contributed by atoms with Crippen LogP contribution < -0.4 is 15.4 Å². The van der Waals surface area contributed by atoms with Crippen molar-refractivity contribution in [2.45, 2.75) is 50.5 Å². The number of ether oxygens (including phenoxy) is 1. The molecule has 0 heterocycles. The van der Waals surface area contributed by atoms with E-state index in [1.807, 2.05) is 0 Å². The number of hydrogen-bond donors (Lipinski definition) is 3. The fourth-order valence-electron chi connectivity index (χ4n) is 2.88. The molecular weight excluding hydrogens is 386 g/mol. The number of hydrogen-bond acceptors (Lipinski definition) is 6. The summed E-state index contributed by atoms with van der Waals surface area (Å²) in [4.78, 5) is 35.1. The first-order valence-corrected chi connectivity index (χ1v) is 10.5. The Morgan fingerprint density at radius 2 is 1.82 bits per heavy atom. The predicted molar refractivity (Wildman–Crippen MR) is 101 cm³/mol. The van der Waals surface area contributed by atoms with Crippen LogP contribution in [-0.4, -0.2) is 45.5 Å². The molecule has 0 unspecified atom stereocenters. The zero-order chi connectivity index (χ0) is 20.7. The van der Waals surface area contributed by atoms with Crippen molar-refractivity contribution in [1.29, 1.82) is 0 Å². The fraction of sp³-hybridized carbons (Fsp3) is 0.500. The molecule has 0 saturated heterocycles. The summed E-state index contributed by atoms with van der Waals surface area (Å²) in [5.74, 6) is -1.72. The predicted octanol–water partition coefficient (Wildman–Crippen LogP) is 0.893. The zero-order valence-corrected chi connectivity index (χ0v) is 16.7. The van der Waals surface area contributed by atoms with Crippen LogP contribution in [0.5, 0.6) is 0 Å². The minimum atomic E-state index is -3.90. The number of imide groups is 1. The molecule has 10 heteroatoms. The Kier molecular flexibility index (Phi) is 7.53. The highest BCUT2D eigenvalue weighted by atomic mass is 32.2. The Bertz CT molecular complexity index is 847. The summed E-state index contributed by atoms with van der Waals surface area (Å²) in [6, 6.07) is 4.37. The molecule has 28 heavy (non-hydrogen) atoms. The smallest absolute Gasteiger partial charge is 0.321 e. The van der Waals surface area contributed by atoms with Gasteiger partial charge in [0.15, 0.2) is 6.61 Å². The first-order chi connectivity index (χ1) is 13.2. The van der Waals surface area contributed by atoms with E-state index in [0.29, 0.717) is 5.56 Å². The van der Waals surface area contributed by atoms with Crippen LogP contribution in [-0.2, 0) is 24.3 Å². The molecule has 1 saturated carbocycles. The molecule has 0 spiro atoms. The van der Waals surface area contributed by atoms with E-state index >= 15 is 0 Å². The second-order valence-corrected chi connectivity index (χ2v) is 8.49. The molecule has 9 nitrogen and oxygen atoms in total. The van der Waals surface area contributed by atoms with Gasteiger partial charge in [0.1, 0.15) is 6.54 Å². The summed E-state index contributed by atoms with van der Waals surface area (Å²) in [5.41, 5.74) is 1.31. The van der Waals surface area contributed by atoms with Gasteiger partial charge in [-0.2, -0.15) is 4.72 Å². The van der Waals surface area contributed by atoms with Crippen molar-refractivity contribution in [2.75, 3.05) is 13.2 Å². The second kappa shape index (κ2) is 9.65. The third-order valence-corrected chi connectivity index (χ3v) is 5.89. The zero-order valence-electron chi connectivity index (χ0n) is 15.9. The molecule has 1 aromatic carbocycles.